The summed E-state index contributed by atoms with van der Waals surface area (Å²) in [7, 11) is 0. The van der Waals surface area contributed by atoms with E-state index in [-0.39, 0.29) is 18.5 Å². The lowest BCUT2D eigenvalue weighted by molar-refractivity contribution is -0.157. The molecule has 36 heavy (non-hydrogen) atoms. The molecule has 0 bridgehead atoms. The second-order valence-corrected chi connectivity index (χ2v) is 11.2. The van der Waals surface area contributed by atoms with E-state index in [4.69, 9.17) is 9.47 Å². The highest BCUT2D eigenvalue weighted by molar-refractivity contribution is 9.09. The van der Waals surface area contributed by atoms with E-state index in [0.29, 0.717) is 18.2 Å². The van der Waals surface area contributed by atoms with Crippen LogP contribution in [0.5, 0.6) is 0 Å². The Kier molecular flexibility index (Phi) is 28.5. The molecule has 0 aliphatic heterocycles. The average Bonchev–Trinajstić information content (AvgIpc) is 2.88. The van der Waals surface area contributed by atoms with Crippen LogP contribution in [0.25, 0.3) is 0 Å². The first-order valence-electron chi connectivity index (χ1n) is 15.5. The number of rotatable bonds is 28. The lowest BCUT2D eigenvalue weighted by Gasteiger charge is -2.15. The number of carbonyl (C=O) groups is 2. The minimum absolute atomic E-state index is 0.145. The van der Waals surface area contributed by atoms with Gasteiger partial charge in [0.05, 0.1) is 0 Å². The van der Waals surface area contributed by atoms with Crippen molar-refractivity contribution >= 4 is 27.9 Å². The van der Waals surface area contributed by atoms with Crippen molar-refractivity contribution in [3.05, 3.63) is 0 Å². The standard InChI is InChI=1S/C31H59BrO4/c1-3-5-7-9-11-13-15-17-19-21-23-25-30(33)35-28-29(27-32)36-31(34)26-24-22-20-18-16-14-12-10-8-6-4-2/h29H,3-28H2,1-2H3/t29-/m1/s1. The van der Waals surface area contributed by atoms with Crippen LogP contribution in [0.15, 0.2) is 0 Å². The molecule has 5 heteroatoms. The van der Waals surface area contributed by atoms with E-state index in [1.54, 1.807) is 0 Å². The molecule has 0 radical (unpaired) electrons. The summed E-state index contributed by atoms with van der Waals surface area (Å²) in [6.07, 6.45) is 28.3. The highest BCUT2D eigenvalue weighted by Crippen LogP contribution is 2.14. The molecule has 214 valence electrons. The molecule has 0 aromatic carbocycles. The van der Waals surface area contributed by atoms with Gasteiger partial charge in [-0.05, 0) is 12.8 Å². The summed E-state index contributed by atoms with van der Waals surface area (Å²) >= 11 is 3.37. The van der Waals surface area contributed by atoms with Crippen LogP contribution in [0.4, 0.5) is 0 Å². The molecule has 0 rings (SSSR count). The smallest absolute Gasteiger partial charge is 0.306 e. The van der Waals surface area contributed by atoms with Crippen molar-refractivity contribution in [1.82, 2.24) is 0 Å². The fourth-order valence-electron chi connectivity index (χ4n) is 4.48. The fourth-order valence-corrected chi connectivity index (χ4v) is 4.80. The molecule has 0 spiro atoms. The Morgan fingerprint density at radius 1 is 0.528 bits per heavy atom. The first kappa shape index (κ1) is 35.4. The van der Waals surface area contributed by atoms with Crippen molar-refractivity contribution in [2.24, 2.45) is 0 Å². The van der Waals surface area contributed by atoms with E-state index in [2.05, 4.69) is 29.8 Å². The van der Waals surface area contributed by atoms with Gasteiger partial charge in [0.15, 0.2) is 0 Å². The topological polar surface area (TPSA) is 52.6 Å². The molecule has 0 aromatic rings. The molecule has 0 fully saturated rings. The Morgan fingerprint density at radius 3 is 1.22 bits per heavy atom. The quantitative estimate of drug-likeness (QED) is 0.0529. The van der Waals surface area contributed by atoms with Gasteiger partial charge in [-0.15, -0.1) is 0 Å². The zero-order chi connectivity index (χ0) is 26.5. The van der Waals surface area contributed by atoms with Gasteiger partial charge in [0.25, 0.3) is 0 Å². The molecule has 4 nitrogen and oxygen atoms in total. The Balaban J connectivity index is 3.57. The van der Waals surface area contributed by atoms with E-state index >= 15 is 0 Å². The third kappa shape index (κ3) is 26.5. The average molecular weight is 576 g/mol. The van der Waals surface area contributed by atoms with Crippen LogP contribution < -0.4 is 0 Å². The lowest BCUT2D eigenvalue weighted by Crippen LogP contribution is -2.26. The van der Waals surface area contributed by atoms with Crippen LogP contribution in [0, 0.1) is 0 Å². The molecule has 1 atom stereocenters. The number of alkyl halides is 1. The van der Waals surface area contributed by atoms with E-state index < -0.39 is 6.10 Å². The van der Waals surface area contributed by atoms with Crippen LogP contribution in [0.2, 0.25) is 0 Å². The maximum atomic E-state index is 12.1. The summed E-state index contributed by atoms with van der Waals surface area (Å²) in [6, 6.07) is 0. The largest absolute Gasteiger partial charge is 0.462 e. The normalized spacial score (nSPS) is 12.0. The van der Waals surface area contributed by atoms with Gasteiger partial charge in [-0.2, -0.15) is 0 Å². The number of hydrogen-bond donors (Lipinski definition) is 0. The first-order valence-corrected chi connectivity index (χ1v) is 16.7. The van der Waals surface area contributed by atoms with Gasteiger partial charge in [0, 0.05) is 18.2 Å². The third-order valence-electron chi connectivity index (χ3n) is 6.87. The number of hydrogen-bond acceptors (Lipinski definition) is 4. The van der Waals surface area contributed by atoms with Crippen molar-refractivity contribution in [2.45, 2.75) is 174 Å². The zero-order valence-corrected chi connectivity index (χ0v) is 25.6. The predicted molar refractivity (Wildman–Crippen MR) is 157 cm³/mol. The Labute approximate surface area is 232 Å². The van der Waals surface area contributed by atoms with Gasteiger partial charge < -0.3 is 9.47 Å². The second kappa shape index (κ2) is 29.0. The summed E-state index contributed by atoms with van der Waals surface area (Å²) in [5, 5.41) is 0.489. The summed E-state index contributed by atoms with van der Waals surface area (Å²) < 4.78 is 10.8. The van der Waals surface area contributed by atoms with Gasteiger partial charge in [-0.1, -0.05) is 158 Å². The van der Waals surface area contributed by atoms with Crippen LogP contribution in [-0.4, -0.2) is 30.0 Å². The molecule has 0 N–H and O–H groups in total. The van der Waals surface area contributed by atoms with E-state index in [1.807, 2.05) is 0 Å². The van der Waals surface area contributed by atoms with Crippen molar-refractivity contribution in [2.75, 3.05) is 11.9 Å². The highest BCUT2D eigenvalue weighted by atomic mass is 79.9. The van der Waals surface area contributed by atoms with Crippen LogP contribution in [0.3, 0.4) is 0 Å². The SMILES string of the molecule is CCCCCCCCCCCCCC(=O)OC[C@@H](CBr)OC(=O)CCCCCCCCCCCCC. The molecule has 0 amide bonds. The Hall–Kier alpha value is -0.580. The maximum absolute atomic E-state index is 12.1. The van der Waals surface area contributed by atoms with Crippen LogP contribution in [-0.2, 0) is 19.1 Å². The molecule has 0 aliphatic rings. The van der Waals surface area contributed by atoms with Gasteiger partial charge in [0.2, 0.25) is 0 Å². The monoisotopic (exact) mass is 574 g/mol. The molecule has 0 saturated carbocycles. The van der Waals surface area contributed by atoms with E-state index in [1.165, 1.54) is 116 Å². The Bertz CT molecular complexity index is 483. The van der Waals surface area contributed by atoms with Crippen molar-refractivity contribution < 1.29 is 19.1 Å². The lowest BCUT2D eigenvalue weighted by atomic mass is 10.1. The van der Waals surface area contributed by atoms with E-state index in [9.17, 15) is 9.59 Å². The third-order valence-corrected chi connectivity index (χ3v) is 7.59. The highest BCUT2D eigenvalue weighted by Gasteiger charge is 2.15. The Morgan fingerprint density at radius 2 is 0.861 bits per heavy atom. The number of carbonyl (C=O) groups excluding carboxylic acids is 2. The van der Waals surface area contributed by atoms with Gasteiger partial charge in [-0.3, -0.25) is 9.59 Å². The number of esters is 2. The summed E-state index contributed by atoms with van der Waals surface area (Å²) in [5.41, 5.74) is 0. The molecule has 0 aromatic heterocycles. The van der Waals surface area contributed by atoms with Gasteiger partial charge in [0.1, 0.15) is 12.7 Å². The van der Waals surface area contributed by atoms with Crippen molar-refractivity contribution in [1.29, 1.82) is 0 Å². The molecule has 0 saturated heterocycles. The first-order chi connectivity index (χ1) is 17.6. The summed E-state index contributed by atoms with van der Waals surface area (Å²) in [5.74, 6) is -0.366. The molecule has 0 unspecified atom stereocenters. The van der Waals surface area contributed by atoms with Crippen molar-refractivity contribution in [3.8, 4) is 0 Å². The maximum Gasteiger partial charge on any atom is 0.306 e. The predicted octanol–water partition coefficient (Wildman–Crippen LogP) is 10.2. The zero-order valence-electron chi connectivity index (χ0n) is 24.0. The molecular weight excluding hydrogens is 516 g/mol. The molecular formula is C31H59BrO4. The minimum Gasteiger partial charge on any atom is -0.462 e. The molecule has 0 heterocycles. The minimum atomic E-state index is -0.397. The van der Waals surface area contributed by atoms with Crippen molar-refractivity contribution in [3.63, 3.8) is 0 Å². The summed E-state index contributed by atoms with van der Waals surface area (Å²) in [6.45, 7) is 4.66. The molecule has 0 aliphatic carbocycles. The second-order valence-electron chi connectivity index (χ2n) is 10.5. The van der Waals surface area contributed by atoms with Gasteiger partial charge in [-0.25, -0.2) is 0 Å². The van der Waals surface area contributed by atoms with Gasteiger partial charge >= 0.3 is 11.9 Å². The number of unbranched alkanes of at least 4 members (excludes halogenated alkanes) is 20. The summed E-state index contributed by atoms with van der Waals surface area (Å²) in [4.78, 5) is 24.1. The van der Waals surface area contributed by atoms with Crippen LogP contribution in [0.1, 0.15) is 168 Å². The van der Waals surface area contributed by atoms with E-state index in [0.717, 1.165) is 25.7 Å². The number of halogens is 1. The number of ether oxygens (including phenoxy) is 2. The fraction of sp³-hybridized carbons (Fsp3) is 0.935. The van der Waals surface area contributed by atoms with Crippen LogP contribution >= 0.6 is 15.9 Å².